The number of nitrogens with zero attached hydrogens (tertiary/aromatic N) is 4. The van der Waals surface area contributed by atoms with Crippen LogP contribution in [0.25, 0.3) is 0 Å². The first-order valence-corrected chi connectivity index (χ1v) is 12.1. The van der Waals surface area contributed by atoms with Gasteiger partial charge in [-0.1, -0.05) is 6.07 Å². The second-order valence-electron chi connectivity index (χ2n) is 9.40. The maximum Gasteiger partial charge on any atom is 0.261 e. The summed E-state index contributed by atoms with van der Waals surface area (Å²) in [7, 11) is 1.98. The third kappa shape index (κ3) is 3.44. The average molecular weight is 470 g/mol. The highest BCUT2D eigenvalue weighted by Crippen LogP contribution is 2.59. The number of thiophene rings is 1. The predicted octanol–water partition coefficient (Wildman–Crippen LogP) is 3.89. The Balaban J connectivity index is 1.10. The number of piperidine rings is 1. The van der Waals surface area contributed by atoms with Crippen LogP contribution in [-0.2, 0) is 19.9 Å². The molecule has 6 rings (SSSR count). The SMILES string of the molecule is Cc1nc(N2CC3C(C2)C3(F)F)ccc1Cc1ccc(C(=O)N[C@@H]2CCc3c2ncn3C)s1. The second kappa shape index (κ2) is 7.35. The number of carbonyl (C=O) groups excluding carboxylic acids is 1. The van der Waals surface area contributed by atoms with E-state index < -0.39 is 17.8 Å². The molecule has 0 aromatic carbocycles. The van der Waals surface area contributed by atoms with Crippen molar-refractivity contribution < 1.29 is 13.6 Å². The number of anilines is 1. The van der Waals surface area contributed by atoms with Crippen molar-refractivity contribution in [3.05, 3.63) is 63.0 Å². The van der Waals surface area contributed by atoms with Gasteiger partial charge in [0.25, 0.3) is 11.8 Å². The van der Waals surface area contributed by atoms with Crippen molar-refractivity contribution in [1.29, 1.82) is 0 Å². The van der Waals surface area contributed by atoms with Crippen LogP contribution in [0.3, 0.4) is 0 Å². The lowest BCUT2D eigenvalue weighted by Gasteiger charge is -2.21. The number of amides is 1. The fourth-order valence-corrected chi connectivity index (χ4v) is 6.21. The third-order valence-electron chi connectivity index (χ3n) is 7.35. The Bertz CT molecular complexity index is 1240. The number of halogens is 2. The normalized spacial score (nSPS) is 24.6. The molecule has 1 saturated carbocycles. The van der Waals surface area contributed by atoms with Gasteiger partial charge >= 0.3 is 0 Å². The summed E-state index contributed by atoms with van der Waals surface area (Å²) < 4.78 is 29.0. The highest BCUT2D eigenvalue weighted by molar-refractivity contribution is 7.14. The molecular formula is C24H25F2N5OS. The number of hydrogen-bond acceptors (Lipinski definition) is 5. The van der Waals surface area contributed by atoms with E-state index in [-0.39, 0.29) is 11.9 Å². The molecule has 3 aliphatic rings. The molecule has 1 N–H and O–H groups in total. The highest BCUT2D eigenvalue weighted by Gasteiger charge is 2.71. The van der Waals surface area contributed by atoms with E-state index in [1.165, 1.54) is 17.0 Å². The van der Waals surface area contributed by atoms with E-state index in [0.29, 0.717) is 24.4 Å². The molecule has 4 heterocycles. The monoisotopic (exact) mass is 469 g/mol. The predicted molar refractivity (Wildman–Crippen MR) is 122 cm³/mol. The van der Waals surface area contributed by atoms with Gasteiger partial charge < -0.3 is 14.8 Å². The summed E-state index contributed by atoms with van der Waals surface area (Å²) in [4.78, 5) is 25.7. The van der Waals surface area contributed by atoms with Gasteiger partial charge in [0.05, 0.1) is 34.8 Å². The van der Waals surface area contributed by atoms with Crippen LogP contribution in [-0.4, -0.2) is 39.5 Å². The van der Waals surface area contributed by atoms with Crippen LogP contribution in [0.1, 0.15) is 49.7 Å². The zero-order valence-corrected chi connectivity index (χ0v) is 19.3. The molecule has 2 unspecified atom stereocenters. The number of imidazole rings is 1. The van der Waals surface area contributed by atoms with Gasteiger partial charge in [-0.05, 0) is 43.5 Å². The number of carbonyl (C=O) groups is 1. The minimum absolute atomic E-state index is 0.0326. The Morgan fingerprint density at radius 2 is 2.03 bits per heavy atom. The van der Waals surface area contributed by atoms with Gasteiger partial charge in [0, 0.05) is 42.8 Å². The molecule has 6 nitrogen and oxygen atoms in total. The summed E-state index contributed by atoms with van der Waals surface area (Å²) in [5.74, 6) is -2.79. The lowest BCUT2D eigenvalue weighted by molar-refractivity contribution is 0.0796. The summed E-state index contributed by atoms with van der Waals surface area (Å²) in [6, 6.07) is 7.79. The number of pyridine rings is 1. The minimum Gasteiger partial charge on any atom is -0.356 e. The van der Waals surface area contributed by atoms with Crippen LogP contribution in [0.15, 0.2) is 30.6 Å². The molecule has 0 spiro atoms. The van der Waals surface area contributed by atoms with Crippen molar-refractivity contribution in [2.75, 3.05) is 18.0 Å². The van der Waals surface area contributed by atoms with E-state index in [0.717, 1.165) is 40.5 Å². The number of rotatable bonds is 5. The molecule has 0 radical (unpaired) electrons. The Morgan fingerprint density at radius 1 is 1.24 bits per heavy atom. The molecule has 3 aromatic rings. The summed E-state index contributed by atoms with van der Waals surface area (Å²) in [6.45, 7) is 2.72. The molecule has 1 amide bonds. The lowest BCUT2D eigenvalue weighted by atomic mass is 10.1. The van der Waals surface area contributed by atoms with E-state index in [2.05, 4.69) is 15.3 Å². The van der Waals surface area contributed by atoms with Crippen LogP contribution in [0.2, 0.25) is 0 Å². The Labute approximate surface area is 194 Å². The summed E-state index contributed by atoms with van der Waals surface area (Å²) in [5, 5.41) is 3.13. The summed E-state index contributed by atoms with van der Waals surface area (Å²) in [6.07, 6.45) is 4.30. The van der Waals surface area contributed by atoms with Crippen LogP contribution in [0, 0.1) is 18.8 Å². The molecule has 2 aliphatic carbocycles. The van der Waals surface area contributed by atoms with Crippen molar-refractivity contribution in [2.24, 2.45) is 18.9 Å². The molecular weight excluding hydrogens is 444 g/mol. The largest absolute Gasteiger partial charge is 0.356 e. The molecule has 3 atom stereocenters. The standard InChI is InChI=1S/C24H25F2N5OS/c1-13-14(3-8-21(28-13)31-10-16-17(11-31)24(16,25)26)9-15-4-7-20(33-15)23(32)29-18-5-6-19-22(18)27-12-30(19)2/h3-4,7-8,12,16-18H,5-6,9-11H2,1-2H3,(H,29,32)/t16?,17?,18-/m1/s1. The van der Waals surface area contributed by atoms with Gasteiger partial charge in [-0.25, -0.2) is 18.7 Å². The maximum absolute atomic E-state index is 13.5. The lowest BCUT2D eigenvalue weighted by Crippen LogP contribution is -2.28. The molecule has 33 heavy (non-hydrogen) atoms. The zero-order chi connectivity index (χ0) is 22.9. The smallest absolute Gasteiger partial charge is 0.261 e. The molecule has 1 saturated heterocycles. The van der Waals surface area contributed by atoms with Crippen molar-refractivity contribution in [3.8, 4) is 0 Å². The van der Waals surface area contributed by atoms with Gasteiger partial charge in [-0.3, -0.25) is 4.79 Å². The fourth-order valence-electron chi connectivity index (χ4n) is 5.27. The number of fused-ring (bicyclic) bond motifs is 2. The molecule has 9 heteroatoms. The van der Waals surface area contributed by atoms with Gasteiger partial charge in [0.15, 0.2) is 0 Å². The van der Waals surface area contributed by atoms with Crippen LogP contribution in [0.5, 0.6) is 0 Å². The van der Waals surface area contributed by atoms with Crippen LogP contribution >= 0.6 is 11.3 Å². The third-order valence-corrected chi connectivity index (χ3v) is 8.43. The molecule has 2 fully saturated rings. The number of nitrogens with one attached hydrogen (secondary N) is 1. The fraction of sp³-hybridized carbons (Fsp3) is 0.458. The van der Waals surface area contributed by atoms with Gasteiger partial charge in [0.2, 0.25) is 0 Å². The highest BCUT2D eigenvalue weighted by atomic mass is 32.1. The first-order valence-electron chi connectivity index (χ1n) is 11.3. The topological polar surface area (TPSA) is 63.1 Å². The van der Waals surface area contributed by atoms with Crippen molar-refractivity contribution in [3.63, 3.8) is 0 Å². The van der Waals surface area contributed by atoms with E-state index >= 15 is 0 Å². The zero-order valence-electron chi connectivity index (χ0n) is 18.5. The number of aryl methyl sites for hydroxylation is 2. The number of aromatic nitrogens is 3. The molecule has 0 bridgehead atoms. The molecule has 172 valence electrons. The van der Waals surface area contributed by atoms with E-state index in [9.17, 15) is 13.6 Å². The molecule has 3 aromatic heterocycles. The minimum atomic E-state index is -2.48. The van der Waals surface area contributed by atoms with Crippen molar-refractivity contribution in [2.45, 2.75) is 38.2 Å². The first kappa shape index (κ1) is 20.8. The van der Waals surface area contributed by atoms with Gasteiger partial charge in [-0.2, -0.15) is 0 Å². The van der Waals surface area contributed by atoms with Crippen molar-refractivity contribution in [1.82, 2.24) is 19.9 Å². The van der Waals surface area contributed by atoms with Crippen LogP contribution < -0.4 is 10.2 Å². The quantitative estimate of drug-likeness (QED) is 0.616. The Morgan fingerprint density at radius 3 is 2.79 bits per heavy atom. The first-order chi connectivity index (χ1) is 15.8. The van der Waals surface area contributed by atoms with Gasteiger partial charge in [0.1, 0.15) is 5.82 Å². The van der Waals surface area contributed by atoms with E-state index in [1.807, 2.05) is 47.7 Å². The van der Waals surface area contributed by atoms with E-state index in [4.69, 9.17) is 0 Å². The second-order valence-corrected chi connectivity index (χ2v) is 10.6. The average Bonchev–Trinajstić information content (AvgIpc) is 3.41. The number of hydrogen-bond donors (Lipinski definition) is 1. The van der Waals surface area contributed by atoms with Gasteiger partial charge in [-0.15, -0.1) is 11.3 Å². The maximum atomic E-state index is 13.5. The summed E-state index contributed by atoms with van der Waals surface area (Å²) in [5.41, 5.74) is 4.14. The Hall–Kier alpha value is -2.81. The van der Waals surface area contributed by atoms with E-state index in [1.54, 1.807) is 6.33 Å². The number of alkyl halides is 2. The summed E-state index contributed by atoms with van der Waals surface area (Å²) >= 11 is 1.49. The van der Waals surface area contributed by atoms with Crippen LogP contribution in [0.4, 0.5) is 14.6 Å². The Kier molecular flexibility index (Phi) is 4.62. The van der Waals surface area contributed by atoms with Crippen molar-refractivity contribution >= 4 is 23.1 Å². The molecule has 1 aliphatic heterocycles.